The van der Waals surface area contributed by atoms with Crippen molar-refractivity contribution in [2.45, 2.75) is 13.0 Å². The standard InChI is InChI=1S/C9H13N3O3/c1-6(5-13)11-7-3-4-10-8(12-7)9(14)15-2/h3-4,6,13H,5H2,1-2H3,(H,10,11,12). The predicted octanol–water partition coefficient (Wildman–Crippen LogP) is 0.0559. The SMILES string of the molecule is COC(=O)c1nccc(NC(C)CO)n1. The largest absolute Gasteiger partial charge is 0.463 e. The zero-order valence-corrected chi connectivity index (χ0v) is 8.60. The van der Waals surface area contributed by atoms with Crippen LogP contribution in [0.1, 0.15) is 17.5 Å². The number of carbonyl (C=O) groups is 1. The number of esters is 1. The number of anilines is 1. The van der Waals surface area contributed by atoms with Crippen LogP contribution in [0.4, 0.5) is 5.82 Å². The summed E-state index contributed by atoms with van der Waals surface area (Å²) in [5, 5.41) is 11.7. The van der Waals surface area contributed by atoms with Crippen molar-refractivity contribution >= 4 is 11.8 Å². The fourth-order valence-electron chi connectivity index (χ4n) is 0.927. The van der Waals surface area contributed by atoms with Crippen molar-refractivity contribution in [2.24, 2.45) is 0 Å². The first-order chi connectivity index (χ1) is 7.17. The molecular weight excluding hydrogens is 198 g/mol. The number of methoxy groups -OCH3 is 1. The van der Waals surface area contributed by atoms with Gasteiger partial charge in [-0.15, -0.1) is 0 Å². The number of hydrogen-bond donors (Lipinski definition) is 2. The van der Waals surface area contributed by atoms with Crippen LogP contribution in [0.5, 0.6) is 0 Å². The Morgan fingerprint density at radius 2 is 2.47 bits per heavy atom. The normalized spacial score (nSPS) is 11.9. The second-order valence-corrected chi connectivity index (χ2v) is 2.99. The molecule has 2 N–H and O–H groups in total. The number of aliphatic hydroxyl groups excluding tert-OH is 1. The first-order valence-electron chi connectivity index (χ1n) is 4.46. The summed E-state index contributed by atoms with van der Waals surface area (Å²) in [5.41, 5.74) is 0. The van der Waals surface area contributed by atoms with Crippen LogP contribution in [-0.2, 0) is 4.74 Å². The monoisotopic (exact) mass is 211 g/mol. The first kappa shape index (κ1) is 11.4. The van der Waals surface area contributed by atoms with Gasteiger partial charge in [0.05, 0.1) is 13.7 Å². The molecule has 82 valence electrons. The van der Waals surface area contributed by atoms with Crippen LogP contribution in [0.15, 0.2) is 12.3 Å². The summed E-state index contributed by atoms with van der Waals surface area (Å²) in [5.74, 6) is -0.116. The molecule has 15 heavy (non-hydrogen) atoms. The Morgan fingerprint density at radius 3 is 3.07 bits per heavy atom. The smallest absolute Gasteiger partial charge is 0.376 e. The molecule has 1 rings (SSSR count). The molecule has 0 bridgehead atoms. The summed E-state index contributed by atoms with van der Waals surface area (Å²) >= 11 is 0. The molecule has 0 amide bonds. The van der Waals surface area contributed by atoms with Crippen molar-refractivity contribution < 1.29 is 14.6 Å². The summed E-state index contributed by atoms with van der Waals surface area (Å²) in [6.07, 6.45) is 1.45. The zero-order valence-electron chi connectivity index (χ0n) is 8.60. The van der Waals surface area contributed by atoms with E-state index in [1.165, 1.54) is 13.3 Å². The van der Waals surface area contributed by atoms with Gasteiger partial charge in [-0.1, -0.05) is 0 Å². The van der Waals surface area contributed by atoms with Crippen LogP contribution in [0.3, 0.4) is 0 Å². The van der Waals surface area contributed by atoms with E-state index >= 15 is 0 Å². The topological polar surface area (TPSA) is 84.3 Å². The molecule has 1 aromatic rings. The van der Waals surface area contributed by atoms with E-state index in [1.54, 1.807) is 13.0 Å². The number of nitrogens with zero attached hydrogens (tertiary/aromatic N) is 2. The molecule has 0 radical (unpaired) electrons. The number of ether oxygens (including phenoxy) is 1. The molecule has 6 nitrogen and oxygen atoms in total. The van der Waals surface area contributed by atoms with Crippen LogP contribution < -0.4 is 5.32 Å². The fourth-order valence-corrected chi connectivity index (χ4v) is 0.927. The van der Waals surface area contributed by atoms with Crippen LogP contribution in [0.25, 0.3) is 0 Å². The minimum absolute atomic E-state index is 0.00682. The Kier molecular flexibility index (Phi) is 3.99. The molecule has 1 heterocycles. The molecule has 0 saturated carbocycles. The Balaban J connectivity index is 2.78. The highest BCUT2D eigenvalue weighted by atomic mass is 16.5. The van der Waals surface area contributed by atoms with Gasteiger partial charge in [0, 0.05) is 12.2 Å². The van der Waals surface area contributed by atoms with Crippen molar-refractivity contribution in [1.29, 1.82) is 0 Å². The van der Waals surface area contributed by atoms with Gasteiger partial charge in [-0.25, -0.2) is 14.8 Å². The number of hydrogen-bond acceptors (Lipinski definition) is 6. The lowest BCUT2D eigenvalue weighted by atomic mass is 10.3. The number of carbonyl (C=O) groups excluding carboxylic acids is 1. The Labute approximate surface area is 87.3 Å². The van der Waals surface area contributed by atoms with Gasteiger partial charge in [0.15, 0.2) is 0 Å². The molecule has 6 heteroatoms. The summed E-state index contributed by atoms with van der Waals surface area (Å²) in [4.78, 5) is 18.8. The molecule has 0 aliphatic heterocycles. The maximum absolute atomic E-state index is 11.1. The first-order valence-corrected chi connectivity index (χ1v) is 4.46. The number of aliphatic hydroxyl groups is 1. The predicted molar refractivity (Wildman–Crippen MR) is 53.5 cm³/mol. The van der Waals surface area contributed by atoms with E-state index in [4.69, 9.17) is 5.11 Å². The van der Waals surface area contributed by atoms with Gasteiger partial charge < -0.3 is 15.2 Å². The molecular formula is C9H13N3O3. The van der Waals surface area contributed by atoms with Crippen molar-refractivity contribution in [1.82, 2.24) is 9.97 Å². The van der Waals surface area contributed by atoms with E-state index in [0.29, 0.717) is 5.82 Å². The van der Waals surface area contributed by atoms with Gasteiger partial charge in [0.2, 0.25) is 5.82 Å². The van der Waals surface area contributed by atoms with Gasteiger partial charge in [0.25, 0.3) is 0 Å². The summed E-state index contributed by atoms with van der Waals surface area (Å²) in [6.45, 7) is 1.78. The summed E-state index contributed by atoms with van der Waals surface area (Å²) in [6, 6.07) is 1.48. The Bertz CT molecular complexity index is 343. The van der Waals surface area contributed by atoms with E-state index in [-0.39, 0.29) is 18.5 Å². The second kappa shape index (κ2) is 5.26. The molecule has 0 fully saturated rings. The maximum atomic E-state index is 11.1. The van der Waals surface area contributed by atoms with Crippen molar-refractivity contribution in [3.05, 3.63) is 18.1 Å². The van der Waals surface area contributed by atoms with Gasteiger partial charge in [-0.05, 0) is 13.0 Å². The van der Waals surface area contributed by atoms with Crippen LogP contribution >= 0.6 is 0 Å². The zero-order chi connectivity index (χ0) is 11.3. The van der Waals surface area contributed by atoms with Gasteiger partial charge >= 0.3 is 5.97 Å². The van der Waals surface area contributed by atoms with E-state index in [0.717, 1.165) is 0 Å². The third kappa shape index (κ3) is 3.17. The average Bonchev–Trinajstić information content (AvgIpc) is 2.28. The lowest BCUT2D eigenvalue weighted by Crippen LogP contribution is -2.21. The molecule has 0 spiro atoms. The average molecular weight is 211 g/mol. The highest BCUT2D eigenvalue weighted by Crippen LogP contribution is 2.04. The molecule has 0 saturated heterocycles. The van der Waals surface area contributed by atoms with Gasteiger partial charge in [-0.3, -0.25) is 0 Å². The van der Waals surface area contributed by atoms with Crippen molar-refractivity contribution in [3.8, 4) is 0 Å². The van der Waals surface area contributed by atoms with Gasteiger partial charge in [-0.2, -0.15) is 0 Å². The molecule has 1 atom stereocenters. The van der Waals surface area contributed by atoms with E-state index in [9.17, 15) is 4.79 Å². The minimum Gasteiger partial charge on any atom is -0.463 e. The summed E-state index contributed by atoms with van der Waals surface area (Å²) < 4.78 is 4.48. The Morgan fingerprint density at radius 1 is 1.73 bits per heavy atom. The molecule has 1 unspecified atom stereocenters. The molecule has 1 aromatic heterocycles. The van der Waals surface area contributed by atoms with Gasteiger partial charge in [0.1, 0.15) is 5.82 Å². The third-order valence-electron chi connectivity index (χ3n) is 1.69. The van der Waals surface area contributed by atoms with E-state index in [1.807, 2.05) is 0 Å². The van der Waals surface area contributed by atoms with Crippen LogP contribution in [0.2, 0.25) is 0 Å². The van der Waals surface area contributed by atoms with Crippen molar-refractivity contribution in [3.63, 3.8) is 0 Å². The highest BCUT2D eigenvalue weighted by Gasteiger charge is 2.10. The maximum Gasteiger partial charge on any atom is 0.376 e. The number of aromatic nitrogens is 2. The molecule has 0 aliphatic carbocycles. The van der Waals surface area contributed by atoms with E-state index < -0.39 is 5.97 Å². The van der Waals surface area contributed by atoms with Crippen LogP contribution in [0, 0.1) is 0 Å². The van der Waals surface area contributed by atoms with Crippen LogP contribution in [-0.4, -0.2) is 40.8 Å². The van der Waals surface area contributed by atoms with E-state index in [2.05, 4.69) is 20.0 Å². The lowest BCUT2D eigenvalue weighted by Gasteiger charge is -2.11. The fraction of sp³-hybridized carbons (Fsp3) is 0.444. The Hall–Kier alpha value is -1.69. The summed E-state index contributed by atoms with van der Waals surface area (Å²) in [7, 11) is 1.27. The quantitative estimate of drug-likeness (QED) is 0.685. The lowest BCUT2D eigenvalue weighted by molar-refractivity contribution is 0.0587. The molecule has 0 aromatic carbocycles. The number of rotatable bonds is 4. The second-order valence-electron chi connectivity index (χ2n) is 2.99. The minimum atomic E-state index is -0.588. The number of nitrogens with one attached hydrogen (secondary N) is 1. The highest BCUT2D eigenvalue weighted by molar-refractivity contribution is 5.85. The molecule has 0 aliphatic rings. The third-order valence-corrected chi connectivity index (χ3v) is 1.69. The van der Waals surface area contributed by atoms with Crippen molar-refractivity contribution in [2.75, 3.05) is 19.0 Å².